The molecule has 3 atom stereocenters. The summed E-state index contributed by atoms with van der Waals surface area (Å²) in [4.78, 5) is 0. The van der Waals surface area contributed by atoms with Crippen molar-refractivity contribution >= 4 is 21.8 Å². The number of hydrogen-bond acceptors (Lipinski definition) is 6. The van der Waals surface area contributed by atoms with Gasteiger partial charge in [0.2, 0.25) is 0 Å². The Bertz CT molecular complexity index is 310. The van der Waals surface area contributed by atoms with E-state index in [2.05, 4.69) is 8.37 Å². The van der Waals surface area contributed by atoms with Crippen LogP contribution in [-0.2, 0) is 30.1 Å². The van der Waals surface area contributed by atoms with Crippen molar-refractivity contribution in [3.05, 3.63) is 0 Å². The molecule has 0 saturated heterocycles. The quantitative estimate of drug-likeness (QED) is 0.526. The lowest BCUT2D eigenvalue weighted by atomic mass is 10.3. The maximum absolute atomic E-state index is 10.3. The van der Waals surface area contributed by atoms with Gasteiger partial charge in [0, 0.05) is 6.42 Å². The van der Waals surface area contributed by atoms with Gasteiger partial charge in [-0.3, -0.25) is 8.74 Å². The molecule has 0 spiro atoms. The molecule has 84 valence electrons. The van der Waals surface area contributed by atoms with Gasteiger partial charge in [0.25, 0.3) is 0 Å². The Balaban J connectivity index is 2.38. The summed E-state index contributed by atoms with van der Waals surface area (Å²) in [7, 11) is -4.47. The largest absolute Gasteiger partial charge is 0.750 e. The van der Waals surface area contributed by atoms with Crippen molar-refractivity contribution in [2.45, 2.75) is 31.5 Å². The molecule has 0 aromatic heterocycles. The van der Waals surface area contributed by atoms with Crippen LogP contribution in [0.15, 0.2) is 0 Å². The van der Waals surface area contributed by atoms with Gasteiger partial charge in [0.05, 0.1) is 23.6 Å². The van der Waals surface area contributed by atoms with Gasteiger partial charge in [0.1, 0.15) is 0 Å². The van der Waals surface area contributed by atoms with Crippen LogP contribution in [0.4, 0.5) is 0 Å². The second kappa shape index (κ2) is 4.64. The maximum atomic E-state index is 10.3. The highest BCUT2D eigenvalue weighted by Gasteiger charge is 2.29. The molecule has 3 unspecified atom stereocenters. The third-order valence-corrected chi connectivity index (χ3v) is 2.75. The molecule has 1 saturated carbocycles. The Morgan fingerprint density at radius 1 is 1.36 bits per heavy atom. The van der Waals surface area contributed by atoms with Crippen molar-refractivity contribution < 1.29 is 30.1 Å². The van der Waals surface area contributed by atoms with Crippen LogP contribution in [-0.4, -0.2) is 33.9 Å². The van der Waals surface area contributed by atoms with Crippen molar-refractivity contribution in [2.24, 2.45) is 0 Å². The Kier molecular flexibility index (Phi) is 3.98. The van der Waals surface area contributed by atoms with Crippen LogP contribution in [0.2, 0.25) is 0 Å². The fourth-order valence-electron chi connectivity index (χ4n) is 1.36. The SMILES string of the molecule is O=S([O-])OC1CCC(OS(=O)(=O)O)C1. The lowest BCUT2D eigenvalue weighted by molar-refractivity contribution is 0.158. The first-order valence-corrected chi connectivity index (χ1v) is 6.15. The van der Waals surface area contributed by atoms with Crippen molar-refractivity contribution in [3.8, 4) is 0 Å². The third kappa shape index (κ3) is 4.44. The fraction of sp³-hybridized carbons (Fsp3) is 1.00. The Labute approximate surface area is 83.8 Å². The molecule has 1 fully saturated rings. The minimum atomic E-state index is -4.47. The predicted octanol–water partition coefficient (Wildman–Crippen LogP) is -0.462. The molecular formula is C5H9O7S2-. The zero-order valence-corrected chi connectivity index (χ0v) is 8.62. The lowest BCUT2D eigenvalue weighted by Crippen LogP contribution is -2.17. The van der Waals surface area contributed by atoms with Crippen molar-refractivity contribution in [2.75, 3.05) is 0 Å². The Morgan fingerprint density at radius 2 is 1.93 bits per heavy atom. The van der Waals surface area contributed by atoms with Gasteiger partial charge in [-0.05, 0) is 12.8 Å². The van der Waals surface area contributed by atoms with E-state index in [9.17, 15) is 17.2 Å². The summed E-state index contributed by atoms with van der Waals surface area (Å²) in [5, 5.41) is 0. The van der Waals surface area contributed by atoms with E-state index in [4.69, 9.17) is 4.55 Å². The molecule has 7 nitrogen and oxygen atoms in total. The van der Waals surface area contributed by atoms with Crippen LogP contribution in [0, 0.1) is 0 Å². The fourth-order valence-corrected chi connectivity index (χ4v) is 2.27. The van der Waals surface area contributed by atoms with E-state index in [0.717, 1.165) is 0 Å². The standard InChI is InChI=1S/C5H10O7S2/c6-13(7)11-4-1-2-5(3-4)12-14(8,9)10/h4-5H,1-3H2,(H,6,7)(H,8,9,10)/p-1. The minimum absolute atomic E-state index is 0.133. The zero-order valence-electron chi connectivity index (χ0n) is 6.99. The van der Waals surface area contributed by atoms with Gasteiger partial charge < -0.3 is 4.55 Å². The molecule has 0 bridgehead atoms. The highest BCUT2D eigenvalue weighted by molar-refractivity contribution is 7.80. The highest BCUT2D eigenvalue weighted by atomic mass is 32.3. The van der Waals surface area contributed by atoms with Crippen LogP contribution in [0.5, 0.6) is 0 Å². The van der Waals surface area contributed by atoms with E-state index in [1.54, 1.807) is 0 Å². The topological polar surface area (TPSA) is 113 Å². The predicted molar refractivity (Wildman–Crippen MR) is 44.1 cm³/mol. The molecule has 1 aliphatic carbocycles. The molecule has 1 N–H and O–H groups in total. The average Bonchev–Trinajstić information content (AvgIpc) is 2.30. The van der Waals surface area contributed by atoms with Crippen LogP contribution < -0.4 is 0 Å². The lowest BCUT2D eigenvalue weighted by Gasteiger charge is -2.12. The van der Waals surface area contributed by atoms with Gasteiger partial charge in [-0.2, -0.15) is 8.42 Å². The Hall–Kier alpha value is -0.0600. The second-order valence-corrected chi connectivity index (χ2v) is 4.53. The molecule has 9 heteroatoms. The molecule has 0 heterocycles. The normalized spacial score (nSPS) is 30.4. The van der Waals surface area contributed by atoms with Crippen molar-refractivity contribution in [3.63, 3.8) is 0 Å². The van der Waals surface area contributed by atoms with Gasteiger partial charge >= 0.3 is 10.4 Å². The van der Waals surface area contributed by atoms with Gasteiger partial charge in [0.15, 0.2) is 0 Å². The summed E-state index contributed by atoms with van der Waals surface area (Å²) in [6.45, 7) is 0. The number of rotatable bonds is 4. The summed E-state index contributed by atoms with van der Waals surface area (Å²) < 4.78 is 57.8. The van der Waals surface area contributed by atoms with E-state index < -0.39 is 34.0 Å². The summed E-state index contributed by atoms with van der Waals surface area (Å²) in [5.74, 6) is 0. The molecule has 1 aliphatic rings. The molecule has 0 radical (unpaired) electrons. The molecule has 0 amide bonds. The molecule has 0 aromatic carbocycles. The van der Waals surface area contributed by atoms with Crippen molar-refractivity contribution in [1.82, 2.24) is 0 Å². The van der Waals surface area contributed by atoms with Gasteiger partial charge in [-0.1, -0.05) is 0 Å². The zero-order chi connectivity index (χ0) is 10.8. The van der Waals surface area contributed by atoms with Crippen LogP contribution >= 0.6 is 0 Å². The molecular weight excluding hydrogens is 236 g/mol. The first kappa shape index (κ1) is 12.0. The van der Waals surface area contributed by atoms with Crippen LogP contribution in [0.25, 0.3) is 0 Å². The monoisotopic (exact) mass is 245 g/mol. The molecule has 14 heavy (non-hydrogen) atoms. The number of hydrogen-bond donors (Lipinski definition) is 1. The second-order valence-electron chi connectivity index (χ2n) is 2.88. The average molecular weight is 245 g/mol. The maximum Gasteiger partial charge on any atom is 0.397 e. The summed E-state index contributed by atoms with van der Waals surface area (Å²) in [5.41, 5.74) is 0. The van der Waals surface area contributed by atoms with Crippen molar-refractivity contribution in [1.29, 1.82) is 0 Å². The highest BCUT2D eigenvalue weighted by Crippen LogP contribution is 2.25. The Morgan fingerprint density at radius 3 is 2.43 bits per heavy atom. The van der Waals surface area contributed by atoms with E-state index in [0.29, 0.717) is 12.8 Å². The van der Waals surface area contributed by atoms with Crippen LogP contribution in [0.1, 0.15) is 19.3 Å². The molecule has 1 rings (SSSR count). The minimum Gasteiger partial charge on any atom is -0.750 e. The van der Waals surface area contributed by atoms with Crippen LogP contribution in [0.3, 0.4) is 0 Å². The molecule has 0 aromatic rings. The first-order chi connectivity index (χ1) is 6.37. The van der Waals surface area contributed by atoms with Gasteiger partial charge in [-0.15, -0.1) is 0 Å². The summed E-state index contributed by atoms with van der Waals surface area (Å²) >= 11 is -2.61. The smallest absolute Gasteiger partial charge is 0.397 e. The summed E-state index contributed by atoms with van der Waals surface area (Å²) in [6.07, 6.45) is -0.428. The van der Waals surface area contributed by atoms with Gasteiger partial charge in [-0.25, -0.2) is 8.39 Å². The van der Waals surface area contributed by atoms with E-state index in [-0.39, 0.29) is 6.42 Å². The van der Waals surface area contributed by atoms with E-state index in [1.807, 2.05) is 0 Å². The van der Waals surface area contributed by atoms with E-state index >= 15 is 0 Å². The molecule has 0 aliphatic heterocycles. The third-order valence-electron chi connectivity index (χ3n) is 1.81. The first-order valence-electron chi connectivity index (χ1n) is 3.79. The summed E-state index contributed by atoms with van der Waals surface area (Å²) in [6, 6.07) is 0. The van der Waals surface area contributed by atoms with E-state index in [1.165, 1.54) is 0 Å².